The van der Waals surface area contributed by atoms with Gasteiger partial charge >= 0.3 is 0 Å². The van der Waals surface area contributed by atoms with Gasteiger partial charge in [0, 0.05) is 17.7 Å². The van der Waals surface area contributed by atoms with Gasteiger partial charge < -0.3 is 5.11 Å². The summed E-state index contributed by atoms with van der Waals surface area (Å²) in [7, 11) is 0. The maximum absolute atomic E-state index is 9.80. The standard InChI is InChI=1S/C15H20N2O/c1-4-5-10-17-14(12(3)15(18)16-17)13-8-6-11(2)7-9-13/h6-9H,4-5,10H2,1-3H3,(H,16,18). The van der Waals surface area contributed by atoms with E-state index < -0.39 is 0 Å². The Hall–Kier alpha value is -1.77. The van der Waals surface area contributed by atoms with Crippen LogP contribution in [0.15, 0.2) is 24.3 Å². The molecule has 0 amide bonds. The lowest BCUT2D eigenvalue weighted by atomic mass is 10.1. The van der Waals surface area contributed by atoms with E-state index in [0.29, 0.717) is 0 Å². The highest BCUT2D eigenvalue weighted by Crippen LogP contribution is 2.29. The summed E-state index contributed by atoms with van der Waals surface area (Å²) in [5, 5.41) is 14.0. The van der Waals surface area contributed by atoms with Crippen molar-refractivity contribution >= 4 is 0 Å². The maximum atomic E-state index is 9.80. The van der Waals surface area contributed by atoms with Crippen LogP contribution in [-0.4, -0.2) is 14.9 Å². The Labute approximate surface area is 108 Å². The average Bonchev–Trinajstić information content (AvgIpc) is 2.64. The fourth-order valence-corrected chi connectivity index (χ4v) is 2.09. The largest absolute Gasteiger partial charge is 0.492 e. The molecule has 0 radical (unpaired) electrons. The monoisotopic (exact) mass is 244 g/mol. The van der Waals surface area contributed by atoms with Gasteiger partial charge in [0.1, 0.15) is 0 Å². The highest BCUT2D eigenvalue weighted by molar-refractivity contribution is 5.65. The summed E-state index contributed by atoms with van der Waals surface area (Å²) in [6.45, 7) is 6.99. The second-order valence-corrected chi connectivity index (χ2v) is 4.74. The van der Waals surface area contributed by atoms with Crippen LogP contribution in [0.4, 0.5) is 0 Å². The molecule has 0 aliphatic rings. The summed E-state index contributed by atoms with van der Waals surface area (Å²) in [6.07, 6.45) is 2.19. The summed E-state index contributed by atoms with van der Waals surface area (Å²) in [5.74, 6) is 0.140. The summed E-state index contributed by atoms with van der Waals surface area (Å²) in [5.41, 5.74) is 4.23. The lowest BCUT2D eigenvalue weighted by Crippen LogP contribution is -2.02. The number of hydrogen-bond donors (Lipinski definition) is 1. The molecular weight excluding hydrogens is 224 g/mol. The highest BCUT2D eigenvalue weighted by atomic mass is 16.3. The van der Waals surface area contributed by atoms with E-state index in [1.54, 1.807) is 0 Å². The SMILES string of the molecule is CCCCn1nc(O)c(C)c1-c1ccc(C)cc1. The van der Waals surface area contributed by atoms with Crippen LogP contribution in [0.3, 0.4) is 0 Å². The third kappa shape index (κ3) is 2.40. The molecule has 2 rings (SSSR count). The number of rotatable bonds is 4. The van der Waals surface area contributed by atoms with Gasteiger partial charge in [0.15, 0.2) is 0 Å². The van der Waals surface area contributed by atoms with E-state index in [-0.39, 0.29) is 5.88 Å². The van der Waals surface area contributed by atoms with Crippen LogP contribution in [0.5, 0.6) is 5.88 Å². The molecule has 0 aliphatic carbocycles. The van der Waals surface area contributed by atoms with Crippen molar-refractivity contribution in [3.05, 3.63) is 35.4 Å². The van der Waals surface area contributed by atoms with Gasteiger partial charge in [-0.1, -0.05) is 43.2 Å². The van der Waals surface area contributed by atoms with Gasteiger partial charge in [0.25, 0.3) is 0 Å². The molecule has 96 valence electrons. The Kier molecular flexibility index (Phi) is 3.70. The van der Waals surface area contributed by atoms with Crippen LogP contribution in [0, 0.1) is 13.8 Å². The number of aromatic nitrogens is 2. The van der Waals surface area contributed by atoms with Crippen LogP contribution < -0.4 is 0 Å². The lowest BCUT2D eigenvalue weighted by Gasteiger charge is -2.08. The molecule has 0 spiro atoms. The van der Waals surface area contributed by atoms with Crippen molar-refractivity contribution in [3.8, 4) is 17.1 Å². The number of hydrogen-bond acceptors (Lipinski definition) is 2. The number of aromatic hydroxyl groups is 1. The van der Waals surface area contributed by atoms with E-state index in [0.717, 1.165) is 36.2 Å². The highest BCUT2D eigenvalue weighted by Gasteiger charge is 2.14. The summed E-state index contributed by atoms with van der Waals surface area (Å²) >= 11 is 0. The Morgan fingerprint density at radius 2 is 1.83 bits per heavy atom. The Morgan fingerprint density at radius 3 is 2.44 bits per heavy atom. The van der Waals surface area contributed by atoms with Gasteiger partial charge in [-0.05, 0) is 20.3 Å². The molecule has 0 fully saturated rings. The minimum Gasteiger partial charge on any atom is -0.492 e. The van der Waals surface area contributed by atoms with Crippen LogP contribution in [-0.2, 0) is 6.54 Å². The van der Waals surface area contributed by atoms with E-state index in [1.807, 2.05) is 11.6 Å². The van der Waals surface area contributed by atoms with Crippen LogP contribution in [0.25, 0.3) is 11.3 Å². The molecule has 0 aliphatic heterocycles. The fraction of sp³-hybridized carbons (Fsp3) is 0.400. The first-order chi connectivity index (χ1) is 8.63. The minimum absolute atomic E-state index is 0.140. The van der Waals surface area contributed by atoms with Gasteiger partial charge in [0.05, 0.1) is 5.69 Å². The molecule has 1 aromatic carbocycles. The first-order valence-electron chi connectivity index (χ1n) is 6.47. The molecule has 0 saturated carbocycles. The van der Waals surface area contributed by atoms with Crippen molar-refractivity contribution in [1.29, 1.82) is 0 Å². The first-order valence-corrected chi connectivity index (χ1v) is 6.47. The molecule has 1 heterocycles. The van der Waals surface area contributed by atoms with Crippen molar-refractivity contribution in [1.82, 2.24) is 9.78 Å². The van der Waals surface area contributed by atoms with Gasteiger partial charge in [-0.2, -0.15) is 0 Å². The van der Waals surface area contributed by atoms with Crippen LogP contribution in [0.2, 0.25) is 0 Å². The number of nitrogens with zero attached hydrogens (tertiary/aromatic N) is 2. The molecule has 18 heavy (non-hydrogen) atoms. The summed E-state index contributed by atoms with van der Waals surface area (Å²) in [6, 6.07) is 8.34. The van der Waals surface area contributed by atoms with E-state index in [9.17, 15) is 5.11 Å². The average molecular weight is 244 g/mol. The molecule has 0 saturated heterocycles. The fourth-order valence-electron chi connectivity index (χ4n) is 2.09. The quantitative estimate of drug-likeness (QED) is 0.891. The zero-order valence-electron chi connectivity index (χ0n) is 11.3. The maximum Gasteiger partial charge on any atom is 0.233 e. The Balaban J connectivity index is 2.44. The third-order valence-corrected chi connectivity index (χ3v) is 3.21. The molecule has 0 bridgehead atoms. The van der Waals surface area contributed by atoms with E-state index in [2.05, 4.69) is 43.2 Å². The normalized spacial score (nSPS) is 10.8. The van der Waals surface area contributed by atoms with Crippen LogP contribution >= 0.6 is 0 Å². The predicted molar refractivity (Wildman–Crippen MR) is 73.7 cm³/mol. The summed E-state index contributed by atoms with van der Waals surface area (Å²) in [4.78, 5) is 0. The van der Waals surface area contributed by atoms with Crippen molar-refractivity contribution in [2.24, 2.45) is 0 Å². The number of aryl methyl sites for hydroxylation is 2. The van der Waals surface area contributed by atoms with Gasteiger partial charge in [-0.25, -0.2) is 0 Å². The first kappa shape index (κ1) is 12.7. The molecule has 3 heteroatoms. The van der Waals surface area contributed by atoms with Crippen molar-refractivity contribution in [3.63, 3.8) is 0 Å². The lowest BCUT2D eigenvalue weighted by molar-refractivity contribution is 0.432. The molecule has 3 nitrogen and oxygen atoms in total. The van der Waals surface area contributed by atoms with Crippen molar-refractivity contribution < 1.29 is 5.11 Å². The topological polar surface area (TPSA) is 38.0 Å². The zero-order chi connectivity index (χ0) is 13.1. The zero-order valence-corrected chi connectivity index (χ0v) is 11.3. The van der Waals surface area contributed by atoms with Gasteiger partial charge in [-0.3, -0.25) is 4.68 Å². The molecule has 1 N–H and O–H groups in total. The second-order valence-electron chi connectivity index (χ2n) is 4.74. The van der Waals surface area contributed by atoms with Gasteiger partial charge in [-0.15, -0.1) is 5.10 Å². The molecule has 2 aromatic rings. The van der Waals surface area contributed by atoms with E-state index >= 15 is 0 Å². The van der Waals surface area contributed by atoms with E-state index in [4.69, 9.17) is 0 Å². The van der Waals surface area contributed by atoms with Crippen molar-refractivity contribution in [2.45, 2.75) is 40.2 Å². The van der Waals surface area contributed by atoms with E-state index in [1.165, 1.54) is 5.56 Å². The molecule has 1 aromatic heterocycles. The Morgan fingerprint density at radius 1 is 1.17 bits per heavy atom. The minimum atomic E-state index is 0.140. The number of benzene rings is 1. The van der Waals surface area contributed by atoms with Crippen LogP contribution in [0.1, 0.15) is 30.9 Å². The Bertz CT molecular complexity index is 526. The third-order valence-electron chi connectivity index (χ3n) is 3.21. The second kappa shape index (κ2) is 5.25. The predicted octanol–water partition coefficient (Wildman–Crippen LogP) is 3.67. The van der Waals surface area contributed by atoms with Crippen molar-refractivity contribution in [2.75, 3.05) is 0 Å². The smallest absolute Gasteiger partial charge is 0.233 e. The molecular formula is C15H20N2O. The number of unbranched alkanes of at least 4 members (excludes halogenated alkanes) is 1. The molecule has 0 unspecified atom stereocenters. The summed E-state index contributed by atoms with van der Waals surface area (Å²) < 4.78 is 1.92. The van der Waals surface area contributed by atoms with Gasteiger partial charge in [0.2, 0.25) is 5.88 Å². The molecule has 0 atom stereocenters.